The van der Waals surface area contributed by atoms with Crippen LogP contribution in [-0.4, -0.2) is 24.6 Å². The molecule has 2 rings (SSSR count). The molecule has 0 aliphatic carbocycles. The van der Waals surface area contributed by atoms with Gasteiger partial charge in [0, 0.05) is 5.02 Å². The van der Waals surface area contributed by atoms with Gasteiger partial charge in [-0.3, -0.25) is 4.79 Å². The number of aryl methyl sites for hydroxylation is 1. The number of carbonyl (C=O) groups excluding carboxylic acids is 2. The van der Waals surface area contributed by atoms with Crippen LogP contribution in [-0.2, 0) is 14.3 Å². The second-order valence-corrected chi connectivity index (χ2v) is 5.79. The lowest BCUT2D eigenvalue weighted by molar-refractivity contribution is -0.153. The lowest BCUT2D eigenvalue weighted by Crippen LogP contribution is -2.29. The Hall–Kier alpha value is -2.60. The number of amides is 1. The highest BCUT2D eigenvalue weighted by atomic mass is 35.5. The van der Waals surface area contributed by atoms with E-state index in [0.717, 1.165) is 11.6 Å². The molecule has 0 saturated heterocycles. The number of hydrogen-bond donors (Lipinski definition) is 1. The summed E-state index contributed by atoms with van der Waals surface area (Å²) in [6.45, 7) is 2.86. The molecule has 0 radical (unpaired) electrons. The zero-order valence-corrected chi connectivity index (χ0v) is 14.5. The summed E-state index contributed by atoms with van der Waals surface area (Å²) < 4.78 is 23.9. The van der Waals surface area contributed by atoms with E-state index < -0.39 is 30.4 Å². The van der Waals surface area contributed by atoms with Crippen molar-refractivity contribution in [3.05, 3.63) is 58.9 Å². The zero-order chi connectivity index (χ0) is 18.4. The Morgan fingerprint density at radius 1 is 1.24 bits per heavy atom. The molecule has 0 aliphatic heterocycles. The number of rotatable bonds is 6. The Balaban J connectivity index is 1.83. The fourth-order valence-electron chi connectivity index (χ4n) is 1.97. The quantitative estimate of drug-likeness (QED) is 0.792. The van der Waals surface area contributed by atoms with Crippen LogP contribution in [0.25, 0.3) is 0 Å². The van der Waals surface area contributed by atoms with Crippen LogP contribution in [0.5, 0.6) is 5.75 Å². The maximum absolute atomic E-state index is 13.6. The number of anilines is 1. The molecule has 0 aliphatic rings. The molecule has 0 heterocycles. The second-order valence-electron chi connectivity index (χ2n) is 5.36. The zero-order valence-electron chi connectivity index (χ0n) is 13.7. The molecule has 25 heavy (non-hydrogen) atoms. The Kier molecular flexibility index (Phi) is 6.36. The molecule has 7 heteroatoms. The maximum atomic E-state index is 13.6. The molecule has 132 valence electrons. The van der Waals surface area contributed by atoms with Gasteiger partial charge in [0.2, 0.25) is 0 Å². The van der Waals surface area contributed by atoms with Crippen molar-refractivity contribution in [3.8, 4) is 5.75 Å². The largest absolute Gasteiger partial charge is 0.479 e. The molecule has 0 bridgehead atoms. The molecule has 1 N–H and O–H groups in total. The predicted molar refractivity (Wildman–Crippen MR) is 92.3 cm³/mol. The van der Waals surface area contributed by atoms with E-state index in [9.17, 15) is 14.0 Å². The topological polar surface area (TPSA) is 64.6 Å². The van der Waals surface area contributed by atoms with E-state index in [4.69, 9.17) is 21.1 Å². The molecule has 1 atom stereocenters. The van der Waals surface area contributed by atoms with Crippen molar-refractivity contribution >= 4 is 29.2 Å². The predicted octanol–water partition coefficient (Wildman–Crippen LogP) is 3.74. The molecular formula is C18H17ClFNO4. The molecule has 1 amide bonds. The molecule has 0 saturated carbocycles. The first-order chi connectivity index (χ1) is 11.8. The number of esters is 1. The molecule has 2 aromatic carbocycles. The molecule has 2 aromatic rings. The van der Waals surface area contributed by atoms with Crippen molar-refractivity contribution in [2.45, 2.75) is 20.0 Å². The number of nitrogens with one attached hydrogen (secondary N) is 1. The van der Waals surface area contributed by atoms with Gasteiger partial charge in [0.25, 0.3) is 5.91 Å². The Morgan fingerprint density at radius 3 is 2.68 bits per heavy atom. The van der Waals surface area contributed by atoms with Crippen LogP contribution in [0.3, 0.4) is 0 Å². The minimum atomic E-state index is -0.887. The van der Waals surface area contributed by atoms with Crippen molar-refractivity contribution in [1.29, 1.82) is 0 Å². The molecular weight excluding hydrogens is 349 g/mol. The number of halogens is 2. The monoisotopic (exact) mass is 365 g/mol. The van der Waals surface area contributed by atoms with E-state index in [1.807, 2.05) is 13.0 Å². The summed E-state index contributed by atoms with van der Waals surface area (Å²) in [6.07, 6.45) is -0.887. The average Bonchev–Trinajstić information content (AvgIpc) is 2.55. The van der Waals surface area contributed by atoms with E-state index in [2.05, 4.69) is 5.32 Å². The summed E-state index contributed by atoms with van der Waals surface area (Å²) >= 11 is 5.63. The van der Waals surface area contributed by atoms with Gasteiger partial charge in [0.05, 0.1) is 5.69 Å². The van der Waals surface area contributed by atoms with Crippen molar-refractivity contribution in [2.24, 2.45) is 0 Å². The average molecular weight is 366 g/mol. The highest BCUT2D eigenvalue weighted by Gasteiger charge is 2.18. The first-order valence-corrected chi connectivity index (χ1v) is 7.88. The van der Waals surface area contributed by atoms with Crippen LogP contribution in [0.15, 0.2) is 42.5 Å². The standard InChI is InChI=1S/C18H17ClFNO4/c1-11-4-3-5-14(8-11)25-12(2)18(23)24-10-17(22)21-16-7-6-13(19)9-15(16)20/h3-9,12H,10H2,1-2H3,(H,21,22)/t12-/m1/s1. The van der Waals surface area contributed by atoms with Crippen molar-refractivity contribution in [2.75, 3.05) is 11.9 Å². The normalized spacial score (nSPS) is 11.5. The van der Waals surface area contributed by atoms with E-state index in [0.29, 0.717) is 5.75 Å². The van der Waals surface area contributed by atoms with Crippen molar-refractivity contribution in [3.63, 3.8) is 0 Å². The number of carbonyl (C=O) groups is 2. The third-order valence-corrected chi connectivity index (χ3v) is 3.42. The summed E-state index contributed by atoms with van der Waals surface area (Å²) in [4.78, 5) is 23.6. The van der Waals surface area contributed by atoms with Gasteiger partial charge in [-0.05, 0) is 49.7 Å². The van der Waals surface area contributed by atoms with Gasteiger partial charge in [-0.1, -0.05) is 23.7 Å². The van der Waals surface area contributed by atoms with E-state index in [1.54, 1.807) is 18.2 Å². The highest BCUT2D eigenvalue weighted by Crippen LogP contribution is 2.19. The van der Waals surface area contributed by atoms with Gasteiger partial charge in [-0.25, -0.2) is 9.18 Å². The SMILES string of the molecule is Cc1cccc(O[C@H](C)C(=O)OCC(=O)Nc2ccc(Cl)cc2F)c1. The molecule has 0 spiro atoms. The summed E-state index contributed by atoms with van der Waals surface area (Å²) in [6, 6.07) is 11.0. The van der Waals surface area contributed by atoms with Crippen LogP contribution >= 0.6 is 11.6 Å². The van der Waals surface area contributed by atoms with Crippen LogP contribution in [0, 0.1) is 12.7 Å². The summed E-state index contributed by atoms with van der Waals surface area (Å²) in [7, 11) is 0. The third-order valence-electron chi connectivity index (χ3n) is 3.19. The Morgan fingerprint density at radius 2 is 2.00 bits per heavy atom. The Bertz CT molecular complexity index is 781. The molecule has 0 unspecified atom stereocenters. The van der Waals surface area contributed by atoms with Gasteiger partial charge in [-0.2, -0.15) is 0 Å². The van der Waals surface area contributed by atoms with E-state index in [-0.39, 0.29) is 10.7 Å². The van der Waals surface area contributed by atoms with Crippen LogP contribution in [0.2, 0.25) is 5.02 Å². The first-order valence-electron chi connectivity index (χ1n) is 7.50. The summed E-state index contributed by atoms with van der Waals surface area (Å²) in [5.41, 5.74) is 0.942. The van der Waals surface area contributed by atoms with Gasteiger partial charge in [0.1, 0.15) is 11.6 Å². The van der Waals surface area contributed by atoms with Gasteiger partial charge in [0.15, 0.2) is 12.7 Å². The molecule has 0 fully saturated rings. The lowest BCUT2D eigenvalue weighted by Gasteiger charge is -2.14. The minimum Gasteiger partial charge on any atom is -0.479 e. The van der Waals surface area contributed by atoms with Gasteiger partial charge < -0.3 is 14.8 Å². The van der Waals surface area contributed by atoms with Gasteiger partial charge in [-0.15, -0.1) is 0 Å². The smallest absolute Gasteiger partial charge is 0.347 e. The lowest BCUT2D eigenvalue weighted by atomic mass is 10.2. The van der Waals surface area contributed by atoms with Crippen molar-refractivity contribution < 1.29 is 23.5 Å². The van der Waals surface area contributed by atoms with Crippen LogP contribution in [0.4, 0.5) is 10.1 Å². The minimum absolute atomic E-state index is 0.0468. The van der Waals surface area contributed by atoms with Crippen LogP contribution < -0.4 is 10.1 Å². The highest BCUT2D eigenvalue weighted by molar-refractivity contribution is 6.30. The number of benzene rings is 2. The first kappa shape index (κ1) is 18.7. The number of hydrogen-bond acceptors (Lipinski definition) is 4. The second kappa shape index (κ2) is 8.48. The summed E-state index contributed by atoms with van der Waals surface area (Å²) in [5.74, 6) is -1.52. The number of ether oxygens (including phenoxy) is 2. The fraction of sp³-hybridized carbons (Fsp3) is 0.222. The third kappa shape index (κ3) is 5.76. The van der Waals surface area contributed by atoms with Gasteiger partial charge >= 0.3 is 5.97 Å². The van der Waals surface area contributed by atoms with Crippen LogP contribution in [0.1, 0.15) is 12.5 Å². The van der Waals surface area contributed by atoms with E-state index >= 15 is 0 Å². The Labute approximate surface area is 149 Å². The van der Waals surface area contributed by atoms with Crippen molar-refractivity contribution in [1.82, 2.24) is 0 Å². The summed E-state index contributed by atoms with van der Waals surface area (Å²) in [5, 5.41) is 2.51. The molecule has 5 nitrogen and oxygen atoms in total. The van der Waals surface area contributed by atoms with E-state index in [1.165, 1.54) is 19.1 Å². The fourth-order valence-corrected chi connectivity index (χ4v) is 2.13. The maximum Gasteiger partial charge on any atom is 0.347 e. The molecule has 0 aromatic heterocycles.